The number of hydrogen-bond acceptors (Lipinski definition) is 8. The van der Waals surface area contributed by atoms with Crippen molar-refractivity contribution in [1.82, 2.24) is 39.6 Å². The van der Waals surface area contributed by atoms with Crippen molar-refractivity contribution in [3.05, 3.63) is 66.3 Å². The molecule has 2 fully saturated rings. The lowest BCUT2D eigenvalue weighted by molar-refractivity contribution is -0.136. The highest BCUT2D eigenvalue weighted by molar-refractivity contribution is 5.93. The number of carbonyl (C=O) groups is 3. The number of H-pyrrole nitrogens is 2. The molecule has 0 spiro atoms. The van der Waals surface area contributed by atoms with E-state index in [2.05, 4.69) is 22.2 Å². The van der Waals surface area contributed by atoms with Gasteiger partial charge < -0.3 is 44.9 Å². The third-order valence-corrected chi connectivity index (χ3v) is 12.4. The fourth-order valence-corrected chi connectivity index (χ4v) is 9.03. The molecule has 3 aliphatic rings. The van der Waals surface area contributed by atoms with Crippen LogP contribution in [0.5, 0.6) is 5.75 Å². The van der Waals surface area contributed by atoms with Crippen molar-refractivity contribution in [3.63, 3.8) is 0 Å². The van der Waals surface area contributed by atoms with Crippen molar-refractivity contribution >= 4 is 28.8 Å². The number of alkyl carbamates (subject to hydrolysis) is 1. The van der Waals surface area contributed by atoms with Gasteiger partial charge in [0.2, 0.25) is 11.8 Å². The highest BCUT2D eigenvalue weighted by Gasteiger charge is 2.39. The summed E-state index contributed by atoms with van der Waals surface area (Å²) in [5.41, 5.74) is 11.2. The van der Waals surface area contributed by atoms with Gasteiger partial charge in [-0.2, -0.15) is 0 Å². The minimum atomic E-state index is -0.729. The summed E-state index contributed by atoms with van der Waals surface area (Å²) in [4.78, 5) is 58.9. The minimum absolute atomic E-state index is 0.0305. The van der Waals surface area contributed by atoms with Crippen LogP contribution in [0.1, 0.15) is 110 Å². The highest BCUT2D eigenvalue weighted by Crippen LogP contribution is 2.47. The molecule has 6 heterocycles. The van der Waals surface area contributed by atoms with E-state index >= 15 is 4.39 Å². The van der Waals surface area contributed by atoms with Gasteiger partial charge >= 0.3 is 6.09 Å². The summed E-state index contributed by atoms with van der Waals surface area (Å²) in [6, 6.07) is 9.78. The smallest absolute Gasteiger partial charge is 0.407 e. The van der Waals surface area contributed by atoms with Crippen molar-refractivity contribution in [2.45, 2.75) is 110 Å². The van der Waals surface area contributed by atoms with Crippen molar-refractivity contribution < 1.29 is 28.2 Å². The van der Waals surface area contributed by atoms with Crippen molar-refractivity contribution in [1.29, 1.82) is 0 Å². The number of benzene rings is 2. The Labute approximate surface area is 349 Å². The predicted molar refractivity (Wildman–Crippen MR) is 226 cm³/mol. The van der Waals surface area contributed by atoms with E-state index in [0.717, 1.165) is 66.6 Å². The Bertz CT molecular complexity index is 2400. The number of nitrogens with zero attached hydrogens (tertiary/aromatic N) is 5. The lowest BCUT2D eigenvalue weighted by atomic mass is 10.0. The molecule has 0 radical (unpaired) electrons. The quantitative estimate of drug-likeness (QED) is 0.0979. The molecule has 60 heavy (non-hydrogen) atoms. The summed E-state index contributed by atoms with van der Waals surface area (Å²) in [6.45, 7) is 11.0. The number of nitrogens with two attached hydrogens (primary N) is 1. The maximum Gasteiger partial charge on any atom is 0.407 e. The highest BCUT2D eigenvalue weighted by atomic mass is 19.1. The second-order valence-electron chi connectivity index (χ2n) is 17.1. The van der Waals surface area contributed by atoms with Gasteiger partial charge in [-0.3, -0.25) is 9.59 Å². The zero-order valence-corrected chi connectivity index (χ0v) is 35.3. The van der Waals surface area contributed by atoms with E-state index in [1.165, 1.54) is 7.11 Å². The minimum Gasteiger partial charge on any atom is -0.469 e. The fraction of sp³-hybridized carbons (Fsp3) is 0.489. The van der Waals surface area contributed by atoms with Gasteiger partial charge in [-0.05, 0) is 68.2 Å². The molecule has 5 aromatic rings. The number of methoxy groups -OCH3 is 1. The summed E-state index contributed by atoms with van der Waals surface area (Å²) >= 11 is 0. The molecular weight excluding hydrogens is 766 g/mol. The Morgan fingerprint density at radius 3 is 2.13 bits per heavy atom. The van der Waals surface area contributed by atoms with E-state index in [0.29, 0.717) is 53.6 Å². The number of unbranched alkanes of at least 4 members (excludes halogenated alkanes) is 1. The first kappa shape index (κ1) is 41.1. The summed E-state index contributed by atoms with van der Waals surface area (Å²) in [7, 11) is 1.28. The van der Waals surface area contributed by atoms with Crippen LogP contribution in [0.15, 0.2) is 48.8 Å². The molecule has 318 valence electrons. The second kappa shape index (κ2) is 16.7. The lowest BCUT2D eigenvalue weighted by Crippen LogP contribution is -2.51. The zero-order valence-electron chi connectivity index (χ0n) is 35.3. The maximum atomic E-state index is 17.0. The molecule has 3 aromatic heterocycles. The number of ether oxygens (including phenoxy) is 2. The number of aromatic nitrogens is 5. The Morgan fingerprint density at radius 2 is 1.53 bits per heavy atom. The van der Waals surface area contributed by atoms with Gasteiger partial charge in [-0.1, -0.05) is 53.2 Å². The van der Waals surface area contributed by atoms with Crippen molar-refractivity contribution in [2.75, 3.05) is 20.2 Å². The molecule has 5 N–H and O–H groups in total. The number of amides is 3. The fourth-order valence-electron chi connectivity index (χ4n) is 9.03. The van der Waals surface area contributed by atoms with Crippen LogP contribution < -0.4 is 15.8 Å². The number of hydrogen-bond donors (Lipinski definition) is 4. The van der Waals surface area contributed by atoms with Crippen LogP contribution in [-0.2, 0) is 14.3 Å². The number of likely N-dealkylation sites (tertiary alicyclic amines) is 2. The third kappa shape index (κ3) is 7.41. The average Bonchev–Trinajstić information content (AvgIpc) is 4.10. The van der Waals surface area contributed by atoms with Crippen molar-refractivity contribution in [3.8, 4) is 39.5 Å². The summed E-state index contributed by atoms with van der Waals surface area (Å²) < 4.78 is 30.5. The van der Waals surface area contributed by atoms with Gasteiger partial charge in [-0.15, -0.1) is 0 Å². The SMILES string of the molecule is CCCCC1Oc2cc(-c3cnc([C@@H]4CCCN4C(=O)[C@@H](NC(=O)OC)C(C)C)[nH]3)ccc2-c2c(F)c3cc(-c4cnc([C@@H]5CCCN5C(=O)[C@@H](N)C(C)C)[nH]4)ccc3n21. The standard InChI is InChI=1S/C45H56FN9O5/c1-7-8-13-36-55-32-17-15-26(30-22-48-41(50-30)33-11-9-18-53(33)43(56)38(47)24(2)3)20-29(32)37(46)40(55)28-16-14-27(21-35(28)60-36)31-23-49-42(51-31)34-12-10-19-54(34)44(57)39(25(4)5)52-45(58)59-6/h14-17,20-25,33-34,36,38-39H,7-13,18-19,47H2,1-6H3,(H,48,50)(H,49,51)(H,52,58)/t33-,34-,36?,38-,39-/m0/s1. The Morgan fingerprint density at radius 1 is 0.917 bits per heavy atom. The molecule has 8 rings (SSSR count). The van der Waals surface area contributed by atoms with Crippen LogP contribution in [0.3, 0.4) is 0 Å². The van der Waals surface area contributed by atoms with Gasteiger partial charge in [0.15, 0.2) is 12.0 Å². The molecule has 0 saturated carbocycles. The number of halogens is 1. The van der Waals surface area contributed by atoms with Crippen LogP contribution in [0.25, 0.3) is 44.7 Å². The molecule has 5 atom stereocenters. The summed E-state index contributed by atoms with van der Waals surface area (Å²) in [6.07, 6.45) is 8.19. The Kier molecular flexibility index (Phi) is 11.5. The zero-order chi connectivity index (χ0) is 42.4. The van der Waals surface area contributed by atoms with Crippen LogP contribution in [0.4, 0.5) is 9.18 Å². The summed E-state index contributed by atoms with van der Waals surface area (Å²) in [5.74, 6) is 1.27. The van der Waals surface area contributed by atoms with Crippen LogP contribution in [-0.4, -0.2) is 84.5 Å². The van der Waals surface area contributed by atoms with E-state index < -0.39 is 24.4 Å². The molecule has 15 heteroatoms. The second-order valence-corrected chi connectivity index (χ2v) is 17.1. The van der Waals surface area contributed by atoms with Crippen molar-refractivity contribution in [2.24, 2.45) is 17.6 Å². The predicted octanol–water partition coefficient (Wildman–Crippen LogP) is 8.00. The molecule has 0 bridgehead atoms. The molecule has 3 aliphatic heterocycles. The monoisotopic (exact) mass is 821 g/mol. The first-order valence-corrected chi connectivity index (χ1v) is 21.4. The van der Waals surface area contributed by atoms with E-state index in [1.807, 2.05) is 73.6 Å². The first-order valence-electron chi connectivity index (χ1n) is 21.4. The number of fused-ring (bicyclic) bond motifs is 5. The van der Waals surface area contributed by atoms with E-state index in [9.17, 15) is 14.4 Å². The molecule has 1 unspecified atom stereocenters. The molecule has 2 aromatic carbocycles. The largest absolute Gasteiger partial charge is 0.469 e. The number of imidazole rings is 2. The average molecular weight is 822 g/mol. The summed E-state index contributed by atoms with van der Waals surface area (Å²) in [5, 5.41) is 3.18. The molecule has 3 amide bonds. The number of nitrogens with one attached hydrogen (secondary N) is 3. The Balaban J connectivity index is 1.08. The lowest BCUT2D eigenvalue weighted by Gasteiger charge is -2.30. The van der Waals surface area contributed by atoms with E-state index in [-0.39, 0.29) is 41.6 Å². The van der Waals surface area contributed by atoms with Gasteiger partial charge in [0.05, 0.1) is 60.2 Å². The number of carbonyl (C=O) groups excluding carboxylic acids is 3. The molecule has 0 aliphatic carbocycles. The molecule has 2 saturated heterocycles. The van der Waals surface area contributed by atoms with Gasteiger partial charge in [-0.25, -0.2) is 19.2 Å². The molecule has 14 nitrogen and oxygen atoms in total. The normalized spacial score (nSPS) is 19.7. The van der Waals surface area contributed by atoms with Crippen LogP contribution in [0.2, 0.25) is 0 Å². The van der Waals surface area contributed by atoms with E-state index in [4.69, 9.17) is 25.2 Å². The molecular formula is C45H56FN9O5. The number of rotatable bonds is 12. The van der Waals surface area contributed by atoms with E-state index in [1.54, 1.807) is 17.3 Å². The van der Waals surface area contributed by atoms with Crippen LogP contribution in [0, 0.1) is 17.7 Å². The number of aromatic amines is 2. The maximum absolute atomic E-state index is 17.0. The topological polar surface area (TPSA) is 176 Å². The van der Waals surface area contributed by atoms with Gasteiger partial charge in [0.1, 0.15) is 23.4 Å². The third-order valence-electron chi connectivity index (χ3n) is 12.4. The first-order chi connectivity index (χ1) is 28.9. The van der Waals surface area contributed by atoms with Crippen LogP contribution >= 0.6 is 0 Å². The Hall–Kier alpha value is -5.70. The van der Waals surface area contributed by atoms with Gasteiger partial charge in [0, 0.05) is 41.6 Å². The van der Waals surface area contributed by atoms with Gasteiger partial charge in [0.25, 0.3) is 0 Å².